The fraction of sp³-hybridized carbons (Fsp3) is 0. The Hall–Kier alpha value is -0.660. The van der Waals surface area contributed by atoms with E-state index in [-0.39, 0.29) is 0 Å². The molecule has 0 spiro atoms. The van der Waals surface area contributed by atoms with Crippen LogP contribution in [0.2, 0.25) is 0 Å². The number of halogens is 2. The molecule has 0 atom stereocenters. The van der Waals surface area contributed by atoms with Gasteiger partial charge in [0.05, 0.1) is 0 Å². The Bertz CT molecular complexity index is 88.3. The summed E-state index contributed by atoms with van der Waals surface area (Å²) in [4.78, 5) is 0. The quantitative estimate of drug-likeness (QED) is 0.446. The molecule has 0 amide bonds. The average molecular weight is 103 g/mol. The van der Waals surface area contributed by atoms with Gasteiger partial charge < -0.3 is 0 Å². The minimum atomic E-state index is -1.69. The molecule has 0 aliphatic rings. The lowest BCUT2D eigenvalue weighted by molar-refractivity contribution is 0.422. The molecule has 0 nitrogen and oxygen atoms in total. The van der Waals surface area contributed by atoms with Crippen LogP contribution in [0.3, 0.4) is 0 Å². The van der Waals surface area contributed by atoms with E-state index in [0.717, 1.165) is 0 Å². The van der Waals surface area contributed by atoms with Crippen LogP contribution in [-0.4, -0.2) is 0 Å². The summed E-state index contributed by atoms with van der Waals surface area (Å²) in [6.07, 6.45) is 1.46. The van der Waals surface area contributed by atoms with Gasteiger partial charge in [-0.2, -0.15) is 8.78 Å². The molecule has 0 aliphatic carbocycles. The van der Waals surface area contributed by atoms with Gasteiger partial charge in [-0.1, -0.05) is 12.2 Å². The van der Waals surface area contributed by atoms with Crippen molar-refractivity contribution in [2.24, 2.45) is 0 Å². The van der Waals surface area contributed by atoms with Crippen LogP contribution in [0, 0.1) is 6.92 Å². The predicted molar refractivity (Wildman–Crippen MR) is 24.8 cm³/mol. The van der Waals surface area contributed by atoms with Gasteiger partial charge in [0.2, 0.25) is 0 Å². The van der Waals surface area contributed by atoms with E-state index in [1.807, 2.05) is 0 Å². The lowest BCUT2D eigenvalue weighted by Crippen LogP contribution is -1.50. The van der Waals surface area contributed by atoms with Crippen molar-refractivity contribution in [2.75, 3.05) is 0 Å². The van der Waals surface area contributed by atoms with Gasteiger partial charge in [0.25, 0.3) is 6.08 Å². The number of rotatable bonds is 1. The van der Waals surface area contributed by atoms with Crippen LogP contribution >= 0.6 is 0 Å². The van der Waals surface area contributed by atoms with Gasteiger partial charge in [-0.05, 0) is 6.92 Å². The Morgan fingerprint density at radius 2 is 2.00 bits per heavy atom. The zero-order valence-electron chi connectivity index (χ0n) is 3.70. The number of hydrogen-bond donors (Lipinski definition) is 0. The first kappa shape index (κ1) is 6.34. The SMILES string of the molecule is [CH2]C=CC=C(F)F. The van der Waals surface area contributed by atoms with E-state index in [4.69, 9.17) is 0 Å². The maximum atomic E-state index is 11.0. The zero-order valence-corrected chi connectivity index (χ0v) is 3.70. The van der Waals surface area contributed by atoms with Crippen molar-refractivity contribution in [3.05, 3.63) is 31.2 Å². The lowest BCUT2D eigenvalue weighted by atomic mass is 10.5. The Kier molecular flexibility index (Phi) is 3.19. The molecule has 2 heteroatoms. The summed E-state index contributed by atoms with van der Waals surface area (Å²) < 4.78 is 22.0. The standard InChI is InChI=1S/C5H5F2/c1-2-3-4-5(6)7/h2-4H,1H2. The summed E-state index contributed by atoms with van der Waals surface area (Å²) in [5.41, 5.74) is 0. The predicted octanol–water partition coefficient (Wildman–Crippen LogP) is 2.16. The molecule has 1 radical (unpaired) electrons. The number of hydrogen-bond acceptors (Lipinski definition) is 0. The highest BCUT2D eigenvalue weighted by atomic mass is 19.3. The van der Waals surface area contributed by atoms with Crippen LogP contribution < -0.4 is 0 Å². The first-order valence-corrected chi connectivity index (χ1v) is 1.74. The van der Waals surface area contributed by atoms with Gasteiger partial charge in [0.1, 0.15) is 0 Å². The van der Waals surface area contributed by atoms with E-state index < -0.39 is 6.08 Å². The van der Waals surface area contributed by atoms with Gasteiger partial charge in [-0.15, -0.1) is 0 Å². The molecule has 0 bridgehead atoms. The summed E-state index contributed by atoms with van der Waals surface area (Å²) >= 11 is 0. The van der Waals surface area contributed by atoms with E-state index in [2.05, 4.69) is 6.92 Å². The molecule has 0 fully saturated rings. The average Bonchev–Trinajstić information content (AvgIpc) is 1.61. The van der Waals surface area contributed by atoms with Crippen LogP contribution in [0.15, 0.2) is 24.3 Å². The maximum absolute atomic E-state index is 11.0. The third-order valence-corrected chi connectivity index (χ3v) is 0.358. The summed E-state index contributed by atoms with van der Waals surface area (Å²) in [6, 6.07) is 0. The van der Waals surface area contributed by atoms with Gasteiger partial charge in [-0.25, -0.2) is 0 Å². The zero-order chi connectivity index (χ0) is 5.70. The molecule has 0 rings (SSSR count). The highest BCUT2D eigenvalue weighted by Gasteiger charge is 1.77. The second-order valence-electron chi connectivity index (χ2n) is 0.884. The summed E-state index contributed by atoms with van der Waals surface area (Å²) in [5, 5.41) is 0. The number of allylic oxidation sites excluding steroid dienone is 3. The third kappa shape index (κ3) is 5.34. The fourth-order valence-electron chi connectivity index (χ4n) is 0.141. The topological polar surface area (TPSA) is 0 Å². The van der Waals surface area contributed by atoms with Gasteiger partial charge in [0.15, 0.2) is 0 Å². The Morgan fingerprint density at radius 1 is 1.43 bits per heavy atom. The molecule has 0 aromatic rings. The van der Waals surface area contributed by atoms with E-state index >= 15 is 0 Å². The lowest BCUT2D eigenvalue weighted by Gasteiger charge is -1.68. The second kappa shape index (κ2) is 3.53. The van der Waals surface area contributed by atoms with E-state index in [9.17, 15) is 8.78 Å². The van der Waals surface area contributed by atoms with E-state index in [1.54, 1.807) is 0 Å². The molecule has 0 saturated heterocycles. The van der Waals surface area contributed by atoms with E-state index in [1.165, 1.54) is 12.2 Å². The largest absolute Gasteiger partial charge is 0.270 e. The molecular formula is C5H5F2. The summed E-state index contributed by atoms with van der Waals surface area (Å²) in [6.45, 7) is 3.20. The van der Waals surface area contributed by atoms with E-state index in [0.29, 0.717) is 6.08 Å². The smallest absolute Gasteiger partial charge is 0.173 e. The first-order chi connectivity index (χ1) is 3.27. The monoisotopic (exact) mass is 103 g/mol. The molecule has 7 heavy (non-hydrogen) atoms. The highest BCUT2D eigenvalue weighted by molar-refractivity contribution is 5.03. The fourth-order valence-corrected chi connectivity index (χ4v) is 0.141. The van der Waals surface area contributed by atoms with Crippen molar-refractivity contribution in [1.82, 2.24) is 0 Å². The van der Waals surface area contributed by atoms with Crippen LogP contribution in [0.25, 0.3) is 0 Å². The second-order valence-corrected chi connectivity index (χ2v) is 0.884. The van der Waals surface area contributed by atoms with Crippen LogP contribution in [0.4, 0.5) is 8.78 Å². The van der Waals surface area contributed by atoms with Gasteiger partial charge in [0, 0.05) is 6.08 Å². The first-order valence-electron chi connectivity index (χ1n) is 1.74. The molecule has 0 unspecified atom stereocenters. The van der Waals surface area contributed by atoms with Crippen molar-refractivity contribution >= 4 is 0 Å². The highest BCUT2D eigenvalue weighted by Crippen LogP contribution is 1.94. The molecule has 0 aliphatic heterocycles. The van der Waals surface area contributed by atoms with Crippen LogP contribution in [0.5, 0.6) is 0 Å². The molecule has 39 valence electrons. The molecule has 0 heterocycles. The molecule has 0 saturated carbocycles. The molecule has 0 N–H and O–H groups in total. The van der Waals surface area contributed by atoms with Crippen molar-refractivity contribution in [3.63, 3.8) is 0 Å². The van der Waals surface area contributed by atoms with Gasteiger partial charge in [-0.3, -0.25) is 0 Å². The minimum absolute atomic E-state index is 0.688. The molecule has 0 aromatic heterocycles. The molecular weight excluding hydrogens is 98.1 g/mol. The third-order valence-electron chi connectivity index (χ3n) is 0.358. The Balaban J connectivity index is 3.46. The maximum Gasteiger partial charge on any atom is 0.270 e. The van der Waals surface area contributed by atoms with Crippen LogP contribution in [-0.2, 0) is 0 Å². The Morgan fingerprint density at radius 3 is 2.14 bits per heavy atom. The van der Waals surface area contributed by atoms with Crippen molar-refractivity contribution in [1.29, 1.82) is 0 Å². The van der Waals surface area contributed by atoms with Crippen molar-refractivity contribution in [2.45, 2.75) is 0 Å². The van der Waals surface area contributed by atoms with Crippen molar-refractivity contribution < 1.29 is 8.78 Å². The van der Waals surface area contributed by atoms with Crippen LogP contribution in [0.1, 0.15) is 0 Å². The minimum Gasteiger partial charge on any atom is -0.173 e. The normalized spacial score (nSPS) is 9.57. The summed E-state index contributed by atoms with van der Waals surface area (Å²) in [5.74, 6) is 0. The van der Waals surface area contributed by atoms with Crippen molar-refractivity contribution in [3.8, 4) is 0 Å². The Labute approximate surface area is 41.2 Å². The summed E-state index contributed by atoms with van der Waals surface area (Å²) in [7, 11) is 0. The van der Waals surface area contributed by atoms with Gasteiger partial charge >= 0.3 is 0 Å². The molecule has 0 aromatic carbocycles.